The summed E-state index contributed by atoms with van der Waals surface area (Å²) in [5.74, 6) is 0. The van der Waals surface area contributed by atoms with Crippen LogP contribution in [0.25, 0.3) is 0 Å². The van der Waals surface area contributed by atoms with Crippen molar-refractivity contribution in [2.45, 2.75) is 38.1 Å². The number of hydrogen-bond donors (Lipinski definition) is 1. The lowest BCUT2D eigenvalue weighted by atomic mass is 10.1. The molecular weight excluding hydrogens is 210 g/mol. The molecule has 0 aromatic carbocycles. The van der Waals surface area contributed by atoms with Crippen LogP contribution in [0.5, 0.6) is 0 Å². The van der Waals surface area contributed by atoms with Crippen LogP contribution in [0.2, 0.25) is 0 Å². The molecule has 1 fully saturated rings. The molecule has 1 aliphatic heterocycles. The van der Waals surface area contributed by atoms with Gasteiger partial charge in [0.1, 0.15) is 0 Å². The molecule has 3 heteroatoms. The van der Waals surface area contributed by atoms with E-state index in [4.69, 9.17) is 5.73 Å². The highest BCUT2D eigenvalue weighted by Crippen LogP contribution is 2.31. The topological polar surface area (TPSA) is 42.1 Å². The van der Waals surface area contributed by atoms with Crippen LogP contribution in [0.3, 0.4) is 0 Å². The van der Waals surface area contributed by atoms with Crippen LogP contribution in [0.1, 0.15) is 43.7 Å². The van der Waals surface area contributed by atoms with E-state index < -0.39 is 0 Å². The molecule has 17 heavy (non-hydrogen) atoms. The Morgan fingerprint density at radius 1 is 1.35 bits per heavy atom. The zero-order valence-electron chi connectivity index (χ0n) is 10.5. The standard InChI is InChI=1S/C14H23N3/c15-8-2-1-3-10-17-11-5-7-14(17)13-6-4-9-16-12-13/h4,6,9,12,14H,1-3,5,7-8,10-11,15H2. The molecule has 3 nitrogen and oxygen atoms in total. The van der Waals surface area contributed by atoms with Crippen LogP contribution < -0.4 is 5.73 Å². The molecular formula is C14H23N3. The van der Waals surface area contributed by atoms with Crippen molar-refractivity contribution in [1.82, 2.24) is 9.88 Å². The quantitative estimate of drug-likeness (QED) is 0.767. The highest BCUT2D eigenvalue weighted by Gasteiger charge is 2.25. The van der Waals surface area contributed by atoms with Gasteiger partial charge in [0, 0.05) is 18.4 Å². The van der Waals surface area contributed by atoms with Gasteiger partial charge in [0.25, 0.3) is 0 Å². The summed E-state index contributed by atoms with van der Waals surface area (Å²) in [6, 6.07) is 4.84. The van der Waals surface area contributed by atoms with E-state index in [1.54, 1.807) is 0 Å². The van der Waals surface area contributed by atoms with Crippen molar-refractivity contribution in [3.63, 3.8) is 0 Å². The predicted molar refractivity (Wildman–Crippen MR) is 70.7 cm³/mol. The first-order chi connectivity index (χ1) is 8.42. The van der Waals surface area contributed by atoms with Crippen molar-refractivity contribution in [3.05, 3.63) is 30.1 Å². The Hall–Kier alpha value is -0.930. The predicted octanol–water partition coefficient (Wildman–Crippen LogP) is 2.35. The van der Waals surface area contributed by atoms with Crippen LogP contribution in [0.4, 0.5) is 0 Å². The van der Waals surface area contributed by atoms with E-state index in [-0.39, 0.29) is 0 Å². The van der Waals surface area contributed by atoms with Gasteiger partial charge >= 0.3 is 0 Å². The minimum Gasteiger partial charge on any atom is -0.330 e. The summed E-state index contributed by atoms with van der Waals surface area (Å²) in [5.41, 5.74) is 6.90. The fourth-order valence-corrected chi connectivity index (χ4v) is 2.68. The molecule has 2 heterocycles. The number of pyridine rings is 1. The largest absolute Gasteiger partial charge is 0.330 e. The first-order valence-electron chi connectivity index (χ1n) is 6.76. The monoisotopic (exact) mass is 233 g/mol. The first kappa shape index (κ1) is 12.5. The molecule has 1 aromatic heterocycles. The zero-order valence-corrected chi connectivity index (χ0v) is 10.5. The fraction of sp³-hybridized carbons (Fsp3) is 0.643. The Morgan fingerprint density at radius 2 is 2.29 bits per heavy atom. The number of rotatable bonds is 6. The Labute approximate surface area is 104 Å². The number of likely N-dealkylation sites (tertiary alicyclic amines) is 1. The Bertz CT molecular complexity index is 313. The molecule has 2 N–H and O–H groups in total. The second kappa shape index (κ2) is 6.72. The van der Waals surface area contributed by atoms with E-state index in [2.05, 4.69) is 16.0 Å². The van der Waals surface area contributed by atoms with E-state index >= 15 is 0 Å². The van der Waals surface area contributed by atoms with Gasteiger partial charge in [-0.25, -0.2) is 0 Å². The lowest BCUT2D eigenvalue weighted by Crippen LogP contribution is -2.24. The van der Waals surface area contributed by atoms with E-state index in [0.29, 0.717) is 6.04 Å². The zero-order chi connectivity index (χ0) is 11.9. The summed E-state index contributed by atoms with van der Waals surface area (Å²) in [6.07, 6.45) is 10.2. The van der Waals surface area contributed by atoms with Gasteiger partial charge in [-0.2, -0.15) is 0 Å². The summed E-state index contributed by atoms with van der Waals surface area (Å²) >= 11 is 0. The highest BCUT2D eigenvalue weighted by molar-refractivity contribution is 5.15. The number of nitrogens with zero attached hydrogens (tertiary/aromatic N) is 2. The lowest BCUT2D eigenvalue weighted by molar-refractivity contribution is 0.251. The van der Waals surface area contributed by atoms with Gasteiger partial charge < -0.3 is 5.73 Å². The van der Waals surface area contributed by atoms with Crippen molar-refractivity contribution >= 4 is 0 Å². The second-order valence-electron chi connectivity index (χ2n) is 4.83. The van der Waals surface area contributed by atoms with Gasteiger partial charge in [0.2, 0.25) is 0 Å². The highest BCUT2D eigenvalue weighted by atomic mass is 15.2. The van der Waals surface area contributed by atoms with Crippen molar-refractivity contribution in [1.29, 1.82) is 0 Å². The van der Waals surface area contributed by atoms with Crippen LogP contribution >= 0.6 is 0 Å². The van der Waals surface area contributed by atoms with Crippen LogP contribution in [-0.2, 0) is 0 Å². The Morgan fingerprint density at radius 3 is 3.06 bits per heavy atom. The summed E-state index contributed by atoms with van der Waals surface area (Å²) in [5, 5.41) is 0. The summed E-state index contributed by atoms with van der Waals surface area (Å²) in [4.78, 5) is 6.83. The third-order valence-electron chi connectivity index (χ3n) is 3.58. The smallest absolute Gasteiger partial charge is 0.0363 e. The molecule has 1 saturated heterocycles. The maximum atomic E-state index is 5.52. The lowest BCUT2D eigenvalue weighted by Gasteiger charge is -2.24. The minimum absolute atomic E-state index is 0.599. The molecule has 0 spiro atoms. The Balaban J connectivity index is 1.85. The van der Waals surface area contributed by atoms with Gasteiger partial charge in [-0.1, -0.05) is 12.5 Å². The van der Waals surface area contributed by atoms with Crippen molar-refractivity contribution in [2.75, 3.05) is 19.6 Å². The number of unbranched alkanes of at least 4 members (excludes halogenated alkanes) is 2. The van der Waals surface area contributed by atoms with Crippen molar-refractivity contribution < 1.29 is 0 Å². The van der Waals surface area contributed by atoms with Crippen LogP contribution in [0, 0.1) is 0 Å². The molecule has 1 aliphatic rings. The van der Waals surface area contributed by atoms with E-state index in [1.807, 2.05) is 18.5 Å². The third kappa shape index (κ3) is 3.51. The molecule has 1 atom stereocenters. The second-order valence-corrected chi connectivity index (χ2v) is 4.83. The minimum atomic E-state index is 0.599. The number of hydrogen-bond acceptors (Lipinski definition) is 3. The molecule has 0 aliphatic carbocycles. The van der Waals surface area contributed by atoms with E-state index in [1.165, 1.54) is 44.3 Å². The maximum Gasteiger partial charge on any atom is 0.0363 e. The molecule has 1 aromatic rings. The van der Waals surface area contributed by atoms with Crippen LogP contribution in [-0.4, -0.2) is 29.5 Å². The number of nitrogens with two attached hydrogens (primary N) is 1. The molecule has 0 amide bonds. The average molecular weight is 233 g/mol. The molecule has 94 valence electrons. The summed E-state index contributed by atoms with van der Waals surface area (Å²) < 4.78 is 0. The van der Waals surface area contributed by atoms with Gasteiger partial charge in [-0.05, 0) is 56.9 Å². The van der Waals surface area contributed by atoms with Crippen LogP contribution in [0.15, 0.2) is 24.5 Å². The average Bonchev–Trinajstić information content (AvgIpc) is 2.84. The normalized spacial score (nSPS) is 20.9. The molecule has 1 unspecified atom stereocenters. The van der Waals surface area contributed by atoms with Crippen molar-refractivity contribution in [2.24, 2.45) is 5.73 Å². The molecule has 0 radical (unpaired) electrons. The SMILES string of the molecule is NCCCCCN1CCCC1c1cccnc1. The van der Waals surface area contributed by atoms with Crippen molar-refractivity contribution in [3.8, 4) is 0 Å². The summed E-state index contributed by atoms with van der Waals surface area (Å²) in [6.45, 7) is 3.27. The fourth-order valence-electron chi connectivity index (χ4n) is 2.68. The van der Waals surface area contributed by atoms with Gasteiger partial charge in [-0.3, -0.25) is 9.88 Å². The van der Waals surface area contributed by atoms with Gasteiger partial charge in [-0.15, -0.1) is 0 Å². The Kier molecular flexibility index (Phi) is 4.95. The van der Waals surface area contributed by atoms with Gasteiger partial charge in [0.05, 0.1) is 0 Å². The first-order valence-corrected chi connectivity index (χ1v) is 6.76. The summed E-state index contributed by atoms with van der Waals surface area (Å²) in [7, 11) is 0. The maximum absolute atomic E-state index is 5.52. The molecule has 0 saturated carbocycles. The third-order valence-corrected chi connectivity index (χ3v) is 3.58. The van der Waals surface area contributed by atoms with Gasteiger partial charge in [0.15, 0.2) is 0 Å². The van der Waals surface area contributed by atoms with E-state index in [0.717, 1.165) is 13.0 Å². The molecule has 0 bridgehead atoms. The van der Waals surface area contributed by atoms with E-state index in [9.17, 15) is 0 Å². The molecule has 2 rings (SSSR count). The number of aromatic nitrogens is 1.